The Labute approximate surface area is 154 Å². The normalized spacial score (nSPS) is 12.2. The molecule has 1 amide bonds. The molecule has 2 nitrogen and oxygen atoms in total. The van der Waals surface area contributed by atoms with Crippen LogP contribution >= 0.6 is 23.2 Å². The number of nitrogens with one attached hydrogen (secondary N) is 1. The largest absolute Gasteiger partial charge is 0.349 e. The van der Waals surface area contributed by atoms with E-state index in [9.17, 15) is 4.79 Å². The lowest BCUT2D eigenvalue weighted by molar-refractivity contribution is -0.121. The zero-order valence-corrected chi connectivity index (χ0v) is 15.8. The van der Waals surface area contributed by atoms with Gasteiger partial charge in [0, 0.05) is 0 Å². The molecule has 0 spiro atoms. The van der Waals surface area contributed by atoms with E-state index in [-0.39, 0.29) is 18.4 Å². The lowest BCUT2D eigenvalue weighted by Crippen LogP contribution is -2.32. The van der Waals surface area contributed by atoms with Gasteiger partial charge in [0.05, 0.1) is 22.5 Å². The van der Waals surface area contributed by atoms with Crippen LogP contribution in [0.2, 0.25) is 10.0 Å². The minimum atomic E-state index is -0.0216. The zero-order valence-electron chi connectivity index (χ0n) is 14.3. The van der Waals surface area contributed by atoms with Gasteiger partial charge in [-0.2, -0.15) is 0 Å². The summed E-state index contributed by atoms with van der Waals surface area (Å²) in [7, 11) is 0. The van der Waals surface area contributed by atoms with Crippen LogP contribution in [-0.4, -0.2) is 5.91 Å². The van der Waals surface area contributed by atoms with Gasteiger partial charge >= 0.3 is 0 Å². The van der Waals surface area contributed by atoms with Gasteiger partial charge in [0.15, 0.2) is 0 Å². The maximum atomic E-state index is 12.4. The van der Waals surface area contributed by atoms with Crippen LogP contribution in [0.3, 0.4) is 0 Å². The second kappa shape index (κ2) is 8.55. The highest BCUT2D eigenvalue weighted by Crippen LogP contribution is 2.24. The second-order valence-electron chi connectivity index (χ2n) is 6.31. The molecule has 0 heterocycles. The first-order valence-electron chi connectivity index (χ1n) is 8.22. The molecule has 0 unspecified atom stereocenters. The fraction of sp³-hybridized carbons (Fsp3) is 0.350. The molecule has 0 aliphatic rings. The fourth-order valence-corrected chi connectivity index (χ4v) is 2.98. The minimum absolute atomic E-state index is 0.00817. The summed E-state index contributed by atoms with van der Waals surface area (Å²) < 4.78 is 0. The molecule has 4 heteroatoms. The highest BCUT2D eigenvalue weighted by Gasteiger charge is 2.18. The summed E-state index contributed by atoms with van der Waals surface area (Å²) >= 11 is 11.9. The summed E-state index contributed by atoms with van der Waals surface area (Å²) in [6.07, 6.45) is 1.30. The average Bonchev–Trinajstić information content (AvgIpc) is 2.56. The van der Waals surface area contributed by atoms with Crippen LogP contribution in [0.5, 0.6) is 0 Å². The van der Waals surface area contributed by atoms with Gasteiger partial charge in [-0.25, -0.2) is 0 Å². The van der Waals surface area contributed by atoms with Gasteiger partial charge in [0.25, 0.3) is 0 Å². The maximum Gasteiger partial charge on any atom is 0.224 e. The lowest BCUT2D eigenvalue weighted by atomic mass is 9.94. The van der Waals surface area contributed by atoms with Crippen molar-refractivity contribution in [1.29, 1.82) is 0 Å². The topological polar surface area (TPSA) is 29.1 Å². The van der Waals surface area contributed by atoms with Crippen molar-refractivity contribution in [2.75, 3.05) is 0 Å². The van der Waals surface area contributed by atoms with E-state index in [1.165, 1.54) is 5.56 Å². The molecule has 0 bridgehead atoms. The summed E-state index contributed by atoms with van der Waals surface area (Å²) in [6.45, 7) is 6.35. The Morgan fingerprint density at radius 1 is 1.00 bits per heavy atom. The highest BCUT2D eigenvalue weighted by molar-refractivity contribution is 6.42. The number of amides is 1. The molecule has 0 saturated heterocycles. The van der Waals surface area contributed by atoms with Crippen molar-refractivity contribution >= 4 is 29.1 Å². The van der Waals surface area contributed by atoms with Crippen LogP contribution in [0.4, 0.5) is 0 Å². The molecular weight excluding hydrogens is 341 g/mol. The van der Waals surface area contributed by atoms with E-state index >= 15 is 0 Å². The predicted octanol–water partition coefficient (Wildman–Crippen LogP) is 5.61. The monoisotopic (exact) mass is 363 g/mol. The summed E-state index contributed by atoms with van der Waals surface area (Å²) in [5, 5.41) is 4.10. The highest BCUT2D eigenvalue weighted by atomic mass is 35.5. The third kappa shape index (κ3) is 4.99. The molecule has 0 aliphatic heterocycles. The second-order valence-corrected chi connectivity index (χ2v) is 7.12. The number of halogens is 2. The Morgan fingerprint density at radius 2 is 1.62 bits per heavy atom. The van der Waals surface area contributed by atoms with Crippen molar-refractivity contribution in [3.05, 3.63) is 69.2 Å². The van der Waals surface area contributed by atoms with E-state index in [0.29, 0.717) is 16.0 Å². The van der Waals surface area contributed by atoms with Crippen molar-refractivity contribution < 1.29 is 4.79 Å². The molecule has 1 atom stereocenters. The zero-order chi connectivity index (χ0) is 17.7. The number of rotatable bonds is 6. The van der Waals surface area contributed by atoms with Crippen molar-refractivity contribution in [3.63, 3.8) is 0 Å². The number of aryl methyl sites for hydroxylation is 1. The Morgan fingerprint density at radius 3 is 2.17 bits per heavy atom. The van der Waals surface area contributed by atoms with Gasteiger partial charge in [-0.3, -0.25) is 4.79 Å². The van der Waals surface area contributed by atoms with Gasteiger partial charge in [0.1, 0.15) is 0 Å². The molecule has 2 aromatic carbocycles. The van der Waals surface area contributed by atoms with Crippen LogP contribution in [0.25, 0.3) is 0 Å². The molecule has 0 aliphatic carbocycles. The van der Waals surface area contributed by atoms with Gasteiger partial charge in [-0.15, -0.1) is 0 Å². The Balaban J connectivity index is 2.08. The van der Waals surface area contributed by atoms with Crippen LogP contribution in [0.15, 0.2) is 42.5 Å². The average molecular weight is 364 g/mol. The van der Waals surface area contributed by atoms with E-state index in [4.69, 9.17) is 23.2 Å². The molecule has 0 fully saturated rings. The number of carbonyl (C=O) groups excluding carboxylic acids is 1. The van der Waals surface area contributed by atoms with E-state index < -0.39 is 0 Å². The molecule has 0 radical (unpaired) electrons. The quantitative estimate of drug-likeness (QED) is 0.709. The molecular formula is C20H23Cl2NO. The van der Waals surface area contributed by atoms with Crippen LogP contribution < -0.4 is 5.32 Å². The summed E-state index contributed by atoms with van der Waals surface area (Å²) in [4.78, 5) is 12.4. The SMILES string of the molecule is CCc1ccc([C@@H](NC(=O)Cc2ccc(Cl)c(Cl)c2)C(C)C)cc1. The van der Waals surface area contributed by atoms with Gasteiger partial charge in [-0.05, 0) is 41.2 Å². The molecule has 0 aromatic heterocycles. The fourth-order valence-electron chi connectivity index (χ4n) is 2.66. The molecule has 2 rings (SSSR count). The smallest absolute Gasteiger partial charge is 0.224 e. The standard InChI is InChI=1S/C20H23Cl2NO/c1-4-14-5-8-16(9-6-14)20(13(2)3)23-19(24)12-15-7-10-17(21)18(22)11-15/h5-11,13,20H,4,12H2,1-3H3,(H,23,24)/t20-/m0/s1. The molecule has 2 aromatic rings. The Kier molecular flexibility index (Phi) is 6.70. The van der Waals surface area contributed by atoms with E-state index in [2.05, 4.69) is 50.4 Å². The first-order chi connectivity index (χ1) is 11.4. The van der Waals surface area contributed by atoms with Crippen LogP contribution in [0, 0.1) is 5.92 Å². The molecule has 0 saturated carbocycles. The Hall–Kier alpha value is -1.51. The number of hydrogen-bond donors (Lipinski definition) is 1. The lowest BCUT2D eigenvalue weighted by Gasteiger charge is -2.23. The molecule has 128 valence electrons. The summed E-state index contributed by atoms with van der Waals surface area (Å²) in [5.74, 6) is 0.280. The van der Waals surface area contributed by atoms with Crippen molar-refractivity contribution in [2.24, 2.45) is 5.92 Å². The van der Waals surface area contributed by atoms with Crippen molar-refractivity contribution in [2.45, 2.75) is 39.7 Å². The number of benzene rings is 2. The number of hydrogen-bond acceptors (Lipinski definition) is 1. The summed E-state index contributed by atoms with van der Waals surface area (Å²) in [6, 6.07) is 13.7. The van der Waals surface area contributed by atoms with E-state index in [0.717, 1.165) is 17.5 Å². The first kappa shape index (κ1) is 18.8. The minimum Gasteiger partial charge on any atom is -0.349 e. The number of carbonyl (C=O) groups is 1. The van der Waals surface area contributed by atoms with Gasteiger partial charge in [0.2, 0.25) is 5.91 Å². The van der Waals surface area contributed by atoms with Crippen molar-refractivity contribution in [1.82, 2.24) is 5.32 Å². The Bertz CT molecular complexity index is 695. The van der Waals surface area contributed by atoms with Gasteiger partial charge < -0.3 is 5.32 Å². The maximum absolute atomic E-state index is 12.4. The molecule has 1 N–H and O–H groups in total. The van der Waals surface area contributed by atoms with Crippen LogP contribution in [-0.2, 0) is 17.6 Å². The third-order valence-corrected chi connectivity index (χ3v) is 4.82. The summed E-state index contributed by atoms with van der Waals surface area (Å²) in [5.41, 5.74) is 3.28. The van der Waals surface area contributed by atoms with Crippen molar-refractivity contribution in [3.8, 4) is 0 Å². The van der Waals surface area contributed by atoms with E-state index in [1.54, 1.807) is 12.1 Å². The first-order valence-corrected chi connectivity index (χ1v) is 8.98. The third-order valence-electron chi connectivity index (χ3n) is 4.08. The van der Waals surface area contributed by atoms with E-state index in [1.807, 2.05) is 6.07 Å². The van der Waals surface area contributed by atoms with Crippen LogP contribution in [0.1, 0.15) is 43.5 Å². The molecule has 24 heavy (non-hydrogen) atoms. The predicted molar refractivity (Wildman–Crippen MR) is 102 cm³/mol. The van der Waals surface area contributed by atoms with Gasteiger partial charge in [-0.1, -0.05) is 74.3 Å².